The van der Waals surface area contributed by atoms with Crippen molar-refractivity contribution in [2.45, 2.75) is 39.5 Å². The van der Waals surface area contributed by atoms with E-state index in [4.69, 9.17) is 0 Å². The summed E-state index contributed by atoms with van der Waals surface area (Å²) in [6.45, 7) is 8.74. The molecule has 0 saturated carbocycles. The predicted octanol–water partition coefficient (Wildman–Crippen LogP) is 1.88. The summed E-state index contributed by atoms with van der Waals surface area (Å²) in [5.74, 6) is 2.52. The van der Waals surface area contributed by atoms with Crippen molar-refractivity contribution < 1.29 is 4.79 Å². The third-order valence-corrected chi connectivity index (χ3v) is 4.57. The van der Waals surface area contributed by atoms with Gasteiger partial charge in [0, 0.05) is 19.5 Å². The first-order chi connectivity index (χ1) is 8.16. The molecule has 2 atom stereocenters. The van der Waals surface area contributed by atoms with Gasteiger partial charge in [0.1, 0.15) is 0 Å². The van der Waals surface area contributed by atoms with E-state index in [1.165, 1.54) is 12.8 Å². The van der Waals surface area contributed by atoms with Gasteiger partial charge in [-0.3, -0.25) is 4.79 Å². The number of likely N-dealkylation sites (tertiary alicyclic amines) is 1. The number of nitrogens with zero attached hydrogens (tertiary/aromatic N) is 1. The maximum absolute atomic E-state index is 12.1. The molecule has 17 heavy (non-hydrogen) atoms. The van der Waals surface area contributed by atoms with Gasteiger partial charge in [-0.1, -0.05) is 13.8 Å². The maximum atomic E-state index is 12.1. The second-order valence-corrected chi connectivity index (χ2v) is 5.99. The molecule has 2 rings (SSSR count). The van der Waals surface area contributed by atoms with Gasteiger partial charge in [0.05, 0.1) is 0 Å². The summed E-state index contributed by atoms with van der Waals surface area (Å²) < 4.78 is 0. The van der Waals surface area contributed by atoms with Gasteiger partial charge in [-0.2, -0.15) is 0 Å². The third-order valence-electron chi connectivity index (χ3n) is 4.57. The normalized spacial score (nSPS) is 30.8. The lowest BCUT2D eigenvalue weighted by Crippen LogP contribution is -2.31. The summed E-state index contributed by atoms with van der Waals surface area (Å²) >= 11 is 0. The van der Waals surface area contributed by atoms with Crippen LogP contribution < -0.4 is 5.32 Å². The lowest BCUT2D eigenvalue weighted by Gasteiger charge is -2.23. The zero-order chi connectivity index (χ0) is 12.3. The number of carbonyl (C=O) groups is 1. The van der Waals surface area contributed by atoms with E-state index in [2.05, 4.69) is 24.1 Å². The minimum absolute atomic E-state index is 0.389. The number of hydrogen-bond donors (Lipinski definition) is 1. The Hall–Kier alpha value is -0.570. The molecule has 2 unspecified atom stereocenters. The molecule has 0 aliphatic carbocycles. The van der Waals surface area contributed by atoms with Crippen LogP contribution in [0.2, 0.25) is 0 Å². The molecule has 0 spiro atoms. The first kappa shape index (κ1) is 12.9. The van der Waals surface area contributed by atoms with Gasteiger partial charge in [0.25, 0.3) is 0 Å². The third kappa shape index (κ3) is 3.44. The van der Waals surface area contributed by atoms with Crippen molar-refractivity contribution in [3.63, 3.8) is 0 Å². The Kier molecular flexibility index (Phi) is 4.43. The van der Waals surface area contributed by atoms with Crippen LogP contribution in [0.5, 0.6) is 0 Å². The van der Waals surface area contributed by atoms with Crippen LogP contribution in [0.15, 0.2) is 0 Å². The lowest BCUT2D eigenvalue weighted by atomic mass is 9.93. The highest BCUT2D eigenvalue weighted by Gasteiger charge is 2.29. The van der Waals surface area contributed by atoms with Crippen molar-refractivity contribution in [3.05, 3.63) is 0 Å². The van der Waals surface area contributed by atoms with Crippen molar-refractivity contribution in [1.29, 1.82) is 0 Å². The van der Waals surface area contributed by atoms with Crippen molar-refractivity contribution in [2.75, 3.05) is 26.2 Å². The Morgan fingerprint density at radius 1 is 1.18 bits per heavy atom. The van der Waals surface area contributed by atoms with Gasteiger partial charge in [-0.15, -0.1) is 0 Å². The molecule has 0 aromatic carbocycles. The van der Waals surface area contributed by atoms with E-state index in [-0.39, 0.29) is 0 Å². The van der Waals surface area contributed by atoms with E-state index < -0.39 is 0 Å². The van der Waals surface area contributed by atoms with Gasteiger partial charge in [0.15, 0.2) is 0 Å². The van der Waals surface area contributed by atoms with E-state index in [0.29, 0.717) is 17.7 Å². The largest absolute Gasteiger partial charge is 0.342 e. The number of carbonyl (C=O) groups excluding carboxylic acids is 1. The van der Waals surface area contributed by atoms with Crippen LogP contribution in [0.1, 0.15) is 39.5 Å². The van der Waals surface area contributed by atoms with Crippen LogP contribution in [0.25, 0.3) is 0 Å². The van der Waals surface area contributed by atoms with Crippen LogP contribution in [0.3, 0.4) is 0 Å². The van der Waals surface area contributed by atoms with E-state index in [1.807, 2.05) is 0 Å². The predicted molar refractivity (Wildman–Crippen MR) is 69.7 cm³/mol. The molecule has 0 radical (unpaired) electrons. The van der Waals surface area contributed by atoms with Gasteiger partial charge in [-0.25, -0.2) is 0 Å². The Morgan fingerprint density at radius 2 is 1.76 bits per heavy atom. The van der Waals surface area contributed by atoms with Gasteiger partial charge >= 0.3 is 0 Å². The Balaban J connectivity index is 1.70. The molecule has 2 fully saturated rings. The molecule has 3 heteroatoms. The average molecular weight is 238 g/mol. The number of piperidine rings is 1. The molecule has 0 aromatic heterocycles. The fourth-order valence-electron chi connectivity index (χ4n) is 2.99. The van der Waals surface area contributed by atoms with Crippen LogP contribution in [-0.2, 0) is 4.79 Å². The minimum Gasteiger partial charge on any atom is -0.342 e. The highest BCUT2D eigenvalue weighted by atomic mass is 16.2. The summed E-state index contributed by atoms with van der Waals surface area (Å²) in [5, 5.41) is 3.37. The van der Waals surface area contributed by atoms with Gasteiger partial charge in [0.2, 0.25) is 5.91 Å². The Labute approximate surface area is 105 Å². The summed E-state index contributed by atoms with van der Waals surface area (Å²) in [6, 6.07) is 0. The number of nitrogens with one attached hydrogen (secondary N) is 1. The highest BCUT2D eigenvalue weighted by molar-refractivity contribution is 5.76. The molecule has 0 aromatic rings. The first-order valence-electron chi connectivity index (χ1n) is 7.15. The van der Waals surface area contributed by atoms with Crippen LogP contribution in [-0.4, -0.2) is 37.0 Å². The highest BCUT2D eigenvalue weighted by Crippen LogP contribution is 2.24. The van der Waals surface area contributed by atoms with Gasteiger partial charge in [-0.05, 0) is 50.1 Å². The minimum atomic E-state index is 0.389. The average Bonchev–Trinajstić information content (AvgIpc) is 2.68. The molecule has 2 aliphatic heterocycles. The summed E-state index contributed by atoms with van der Waals surface area (Å²) in [4.78, 5) is 14.2. The molecule has 2 heterocycles. The fraction of sp³-hybridized carbons (Fsp3) is 0.929. The molecule has 3 nitrogen and oxygen atoms in total. The topological polar surface area (TPSA) is 32.3 Å². The van der Waals surface area contributed by atoms with Crippen molar-refractivity contribution in [3.8, 4) is 0 Å². The number of amides is 1. The Morgan fingerprint density at radius 3 is 2.35 bits per heavy atom. The molecule has 2 saturated heterocycles. The fourth-order valence-corrected chi connectivity index (χ4v) is 2.99. The molecular formula is C14H26N2O. The quantitative estimate of drug-likeness (QED) is 0.814. The van der Waals surface area contributed by atoms with Crippen LogP contribution in [0.4, 0.5) is 0 Å². The second-order valence-electron chi connectivity index (χ2n) is 5.99. The van der Waals surface area contributed by atoms with Crippen molar-refractivity contribution >= 4 is 5.91 Å². The molecule has 1 N–H and O–H groups in total. The summed E-state index contributed by atoms with van der Waals surface area (Å²) in [5.41, 5.74) is 0. The molecule has 1 amide bonds. The SMILES string of the molecule is CC1CN(C(=O)CCC2CCNCC2)CC1C. The standard InChI is InChI=1S/C14H26N2O/c1-11-9-16(10-12(11)2)14(17)4-3-13-5-7-15-8-6-13/h11-13,15H,3-10H2,1-2H3. The smallest absolute Gasteiger partial charge is 0.222 e. The Bertz CT molecular complexity index is 251. The van der Waals surface area contributed by atoms with Crippen molar-refractivity contribution in [2.24, 2.45) is 17.8 Å². The van der Waals surface area contributed by atoms with Crippen molar-refractivity contribution in [1.82, 2.24) is 10.2 Å². The molecule has 98 valence electrons. The van der Waals surface area contributed by atoms with Crippen LogP contribution >= 0.6 is 0 Å². The lowest BCUT2D eigenvalue weighted by molar-refractivity contribution is -0.130. The zero-order valence-corrected chi connectivity index (χ0v) is 11.2. The van der Waals surface area contributed by atoms with E-state index >= 15 is 0 Å². The zero-order valence-electron chi connectivity index (χ0n) is 11.2. The van der Waals surface area contributed by atoms with E-state index in [0.717, 1.165) is 44.9 Å². The second kappa shape index (κ2) is 5.85. The van der Waals surface area contributed by atoms with E-state index in [1.54, 1.807) is 0 Å². The number of hydrogen-bond acceptors (Lipinski definition) is 2. The molecular weight excluding hydrogens is 212 g/mol. The molecule has 2 aliphatic rings. The summed E-state index contributed by atoms with van der Waals surface area (Å²) in [6.07, 6.45) is 4.37. The molecule has 0 bridgehead atoms. The van der Waals surface area contributed by atoms with E-state index in [9.17, 15) is 4.79 Å². The number of rotatable bonds is 3. The summed E-state index contributed by atoms with van der Waals surface area (Å²) in [7, 11) is 0. The maximum Gasteiger partial charge on any atom is 0.222 e. The first-order valence-corrected chi connectivity index (χ1v) is 7.15. The van der Waals surface area contributed by atoms with Crippen LogP contribution in [0, 0.1) is 17.8 Å². The monoisotopic (exact) mass is 238 g/mol. The van der Waals surface area contributed by atoms with Gasteiger partial charge < -0.3 is 10.2 Å².